The number of amides is 1. The summed E-state index contributed by atoms with van der Waals surface area (Å²) in [5.41, 5.74) is 1.30. The van der Waals surface area contributed by atoms with Crippen molar-refractivity contribution >= 4 is 5.91 Å². The Morgan fingerprint density at radius 3 is 2.84 bits per heavy atom. The number of rotatable bonds is 6. The molecule has 1 aliphatic rings. The van der Waals surface area contributed by atoms with E-state index in [1.165, 1.54) is 5.56 Å². The lowest BCUT2D eigenvalue weighted by Crippen LogP contribution is -2.40. The van der Waals surface area contributed by atoms with E-state index in [1.807, 2.05) is 18.2 Å². The molecule has 0 radical (unpaired) electrons. The van der Waals surface area contributed by atoms with Crippen LogP contribution in [0.1, 0.15) is 37.7 Å². The maximum Gasteiger partial charge on any atom is 0.220 e. The summed E-state index contributed by atoms with van der Waals surface area (Å²) in [6, 6.07) is 10.5. The molecule has 2 rings (SSSR count). The number of ether oxygens (including phenoxy) is 1. The molecule has 1 aromatic carbocycles. The molecule has 104 valence electrons. The molecule has 1 aromatic rings. The Bertz CT molecular complexity index is 391. The van der Waals surface area contributed by atoms with Gasteiger partial charge in [-0.25, -0.2) is 0 Å². The van der Waals surface area contributed by atoms with Crippen LogP contribution in [0.4, 0.5) is 0 Å². The fraction of sp³-hybridized carbons (Fsp3) is 0.562. The van der Waals surface area contributed by atoms with Gasteiger partial charge in [-0.1, -0.05) is 30.3 Å². The average molecular weight is 261 g/mol. The van der Waals surface area contributed by atoms with Crippen LogP contribution in [-0.2, 0) is 16.0 Å². The molecule has 0 unspecified atom stereocenters. The Balaban J connectivity index is 1.67. The standard InChI is InChI=1S/C16H23NO2/c1-19-15-11-6-10-14(15)17-16(18)12-5-9-13-7-3-2-4-8-13/h2-4,7-8,14-15H,5-6,9-12H2,1H3,(H,17,18)/t14-,15+/m0/s1. The van der Waals surface area contributed by atoms with Crippen LogP contribution >= 0.6 is 0 Å². The van der Waals surface area contributed by atoms with Crippen molar-refractivity contribution in [3.8, 4) is 0 Å². The van der Waals surface area contributed by atoms with Crippen molar-refractivity contribution < 1.29 is 9.53 Å². The van der Waals surface area contributed by atoms with Gasteiger partial charge in [-0.05, 0) is 37.7 Å². The summed E-state index contributed by atoms with van der Waals surface area (Å²) >= 11 is 0. The maximum absolute atomic E-state index is 11.9. The van der Waals surface area contributed by atoms with Crippen LogP contribution in [0.15, 0.2) is 30.3 Å². The summed E-state index contributed by atoms with van der Waals surface area (Å²) in [6.45, 7) is 0. The van der Waals surface area contributed by atoms with Crippen molar-refractivity contribution in [3.05, 3.63) is 35.9 Å². The zero-order valence-electron chi connectivity index (χ0n) is 11.6. The Morgan fingerprint density at radius 1 is 1.32 bits per heavy atom. The fourth-order valence-electron chi connectivity index (χ4n) is 2.75. The first-order valence-electron chi connectivity index (χ1n) is 7.15. The second kappa shape index (κ2) is 7.29. The number of aryl methyl sites for hydroxylation is 1. The van der Waals surface area contributed by atoms with Crippen LogP contribution in [-0.4, -0.2) is 25.2 Å². The number of hydrogen-bond acceptors (Lipinski definition) is 2. The van der Waals surface area contributed by atoms with Crippen LogP contribution in [0.3, 0.4) is 0 Å². The van der Waals surface area contributed by atoms with E-state index in [2.05, 4.69) is 17.4 Å². The van der Waals surface area contributed by atoms with E-state index in [0.29, 0.717) is 6.42 Å². The summed E-state index contributed by atoms with van der Waals surface area (Å²) in [5.74, 6) is 0.157. The van der Waals surface area contributed by atoms with E-state index in [-0.39, 0.29) is 18.1 Å². The van der Waals surface area contributed by atoms with Crippen molar-refractivity contribution in [1.82, 2.24) is 5.32 Å². The Morgan fingerprint density at radius 2 is 2.11 bits per heavy atom. The zero-order chi connectivity index (χ0) is 13.5. The molecule has 19 heavy (non-hydrogen) atoms. The third-order valence-corrected chi connectivity index (χ3v) is 3.81. The van der Waals surface area contributed by atoms with Gasteiger partial charge in [0.15, 0.2) is 0 Å². The Hall–Kier alpha value is -1.35. The summed E-state index contributed by atoms with van der Waals surface area (Å²) in [7, 11) is 1.73. The molecule has 0 heterocycles. The van der Waals surface area contributed by atoms with E-state index in [9.17, 15) is 4.79 Å². The minimum Gasteiger partial charge on any atom is -0.379 e. The number of hydrogen-bond donors (Lipinski definition) is 1. The normalized spacial score (nSPS) is 22.4. The van der Waals surface area contributed by atoms with Gasteiger partial charge in [-0.15, -0.1) is 0 Å². The summed E-state index contributed by atoms with van der Waals surface area (Å²) in [5, 5.41) is 3.10. The largest absolute Gasteiger partial charge is 0.379 e. The monoisotopic (exact) mass is 261 g/mol. The number of carbonyl (C=O) groups is 1. The lowest BCUT2D eigenvalue weighted by Gasteiger charge is -2.19. The van der Waals surface area contributed by atoms with Gasteiger partial charge in [0.2, 0.25) is 5.91 Å². The second-order valence-electron chi connectivity index (χ2n) is 5.22. The van der Waals surface area contributed by atoms with E-state index >= 15 is 0 Å². The van der Waals surface area contributed by atoms with Crippen LogP contribution in [0, 0.1) is 0 Å². The number of carbonyl (C=O) groups excluding carboxylic acids is 1. The van der Waals surface area contributed by atoms with Crippen molar-refractivity contribution in [1.29, 1.82) is 0 Å². The molecule has 1 aliphatic carbocycles. The Kier molecular flexibility index (Phi) is 5.40. The lowest BCUT2D eigenvalue weighted by molar-refractivity contribution is -0.122. The Labute approximate surface area is 115 Å². The summed E-state index contributed by atoms with van der Waals surface area (Å²) < 4.78 is 5.38. The number of nitrogens with one attached hydrogen (secondary N) is 1. The smallest absolute Gasteiger partial charge is 0.220 e. The van der Waals surface area contributed by atoms with Gasteiger partial charge < -0.3 is 10.1 Å². The van der Waals surface area contributed by atoms with Crippen molar-refractivity contribution in [2.75, 3.05) is 7.11 Å². The molecular weight excluding hydrogens is 238 g/mol. The highest BCUT2D eigenvalue weighted by Gasteiger charge is 2.27. The van der Waals surface area contributed by atoms with Crippen molar-refractivity contribution in [2.24, 2.45) is 0 Å². The molecular formula is C16H23NO2. The molecule has 0 aliphatic heterocycles. The minimum atomic E-state index is 0.157. The molecule has 1 fully saturated rings. The lowest BCUT2D eigenvalue weighted by atomic mass is 10.1. The zero-order valence-corrected chi connectivity index (χ0v) is 11.6. The van der Waals surface area contributed by atoms with Gasteiger partial charge in [-0.2, -0.15) is 0 Å². The van der Waals surface area contributed by atoms with Gasteiger partial charge in [0, 0.05) is 13.5 Å². The van der Waals surface area contributed by atoms with E-state index in [0.717, 1.165) is 32.1 Å². The summed E-state index contributed by atoms with van der Waals surface area (Å²) in [4.78, 5) is 11.9. The van der Waals surface area contributed by atoms with Gasteiger partial charge in [0.1, 0.15) is 0 Å². The van der Waals surface area contributed by atoms with Gasteiger partial charge >= 0.3 is 0 Å². The first kappa shape index (κ1) is 14.1. The minimum absolute atomic E-state index is 0.157. The SMILES string of the molecule is CO[C@@H]1CCC[C@@H]1NC(=O)CCCc1ccccc1. The fourth-order valence-corrected chi connectivity index (χ4v) is 2.75. The van der Waals surface area contributed by atoms with Crippen LogP contribution in [0.2, 0.25) is 0 Å². The molecule has 1 amide bonds. The van der Waals surface area contributed by atoms with Gasteiger partial charge in [0.05, 0.1) is 12.1 Å². The van der Waals surface area contributed by atoms with Crippen LogP contribution in [0.25, 0.3) is 0 Å². The van der Waals surface area contributed by atoms with Crippen molar-refractivity contribution in [3.63, 3.8) is 0 Å². The first-order valence-corrected chi connectivity index (χ1v) is 7.15. The summed E-state index contributed by atoms with van der Waals surface area (Å²) in [6.07, 6.45) is 5.93. The predicted molar refractivity (Wildman–Crippen MR) is 76.0 cm³/mol. The molecule has 1 saturated carbocycles. The van der Waals surface area contributed by atoms with Crippen LogP contribution < -0.4 is 5.32 Å². The molecule has 0 spiro atoms. The van der Waals surface area contributed by atoms with Gasteiger partial charge in [0.25, 0.3) is 0 Å². The molecule has 0 saturated heterocycles. The molecule has 0 bridgehead atoms. The third kappa shape index (κ3) is 4.35. The third-order valence-electron chi connectivity index (χ3n) is 3.81. The highest BCUT2D eigenvalue weighted by molar-refractivity contribution is 5.76. The first-order chi connectivity index (χ1) is 9.29. The molecule has 3 heteroatoms. The maximum atomic E-state index is 11.9. The van der Waals surface area contributed by atoms with Gasteiger partial charge in [-0.3, -0.25) is 4.79 Å². The highest BCUT2D eigenvalue weighted by atomic mass is 16.5. The molecule has 1 N–H and O–H groups in total. The quantitative estimate of drug-likeness (QED) is 0.855. The number of benzene rings is 1. The average Bonchev–Trinajstić information content (AvgIpc) is 2.87. The van der Waals surface area contributed by atoms with E-state index < -0.39 is 0 Å². The van der Waals surface area contributed by atoms with Crippen molar-refractivity contribution in [2.45, 2.75) is 50.7 Å². The van der Waals surface area contributed by atoms with E-state index in [4.69, 9.17) is 4.74 Å². The predicted octanol–water partition coefficient (Wildman–Crippen LogP) is 2.69. The number of methoxy groups -OCH3 is 1. The molecule has 2 atom stereocenters. The molecule has 0 aromatic heterocycles. The topological polar surface area (TPSA) is 38.3 Å². The van der Waals surface area contributed by atoms with Crippen LogP contribution in [0.5, 0.6) is 0 Å². The van der Waals surface area contributed by atoms with E-state index in [1.54, 1.807) is 7.11 Å². The molecule has 3 nitrogen and oxygen atoms in total. The second-order valence-corrected chi connectivity index (χ2v) is 5.22. The highest BCUT2D eigenvalue weighted by Crippen LogP contribution is 2.21.